The summed E-state index contributed by atoms with van der Waals surface area (Å²) in [5.74, 6) is 0. The molecule has 3 heteroatoms. The molecule has 0 saturated carbocycles. The van der Waals surface area contributed by atoms with Crippen LogP contribution in [0.15, 0.2) is 42.5 Å². The molecule has 25 heavy (non-hydrogen) atoms. The first kappa shape index (κ1) is 14.9. The average Bonchev–Trinajstić information content (AvgIpc) is 2.97. The number of fused-ring (bicyclic) bond motifs is 1. The van der Waals surface area contributed by atoms with Crippen molar-refractivity contribution in [3.63, 3.8) is 0 Å². The van der Waals surface area contributed by atoms with Gasteiger partial charge in [-0.15, -0.1) is 0 Å². The lowest BCUT2D eigenvalue weighted by atomic mass is 9.90. The van der Waals surface area contributed by atoms with E-state index in [1.807, 2.05) is 0 Å². The molecule has 0 aromatic heterocycles. The molecule has 3 aliphatic rings. The number of benzene rings is 2. The number of aryl methyl sites for hydroxylation is 2. The standard InChI is InChI=1S/C22H25N3/c1-24-20-9-3-2-8-19(20)23-21(24)11-10-16-14-17-6-4-12-25-13-5-7-18(15-16)22(17)25/h2-3,8-11,14-15,21,23H,4-7,12-13H2,1H3. The van der Waals surface area contributed by atoms with Gasteiger partial charge in [0.2, 0.25) is 0 Å². The third kappa shape index (κ3) is 2.50. The molecular weight excluding hydrogens is 306 g/mol. The van der Waals surface area contributed by atoms with Gasteiger partial charge >= 0.3 is 0 Å². The number of para-hydroxylation sites is 2. The Bertz CT molecular complexity index is 808. The van der Waals surface area contributed by atoms with Crippen LogP contribution in [0.3, 0.4) is 0 Å². The molecule has 0 spiro atoms. The van der Waals surface area contributed by atoms with Gasteiger partial charge in [-0.3, -0.25) is 0 Å². The highest BCUT2D eigenvalue weighted by Gasteiger charge is 2.25. The summed E-state index contributed by atoms with van der Waals surface area (Å²) in [7, 11) is 2.16. The van der Waals surface area contributed by atoms with Crippen LogP contribution in [0.25, 0.3) is 6.08 Å². The van der Waals surface area contributed by atoms with E-state index in [9.17, 15) is 0 Å². The Hall–Kier alpha value is -2.42. The van der Waals surface area contributed by atoms with Crippen molar-refractivity contribution >= 4 is 23.1 Å². The van der Waals surface area contributed by atoms with Crippen LogP contribution in [0, 0.1) is 0 Å². The Morgan fingerprint density at radius 2 is 1.76 bits per heavy atom. The molecule has 128 valence electrons. The molecule has 0 amide bonds. The van der Waals surface area contributed by atoms with Crippen molar-refractivity contribution < 1.29 is 0 Å². The third-order valence-electron chi connectivity index (χ3n) is 5.83. The normalized spacial score (nSPS) is 21.2. The maximum Gasteiger partial charge on any atom is 0.119 e. The third-order valence-corrected chi connectivity index (χ3v) is 5.83. The molecule has 0 aliphatic carbocycles. The number of rotatable bonds is 2. The fourth-order valence-electron chi connectivity index (χ4n) is 4.62. The predicted octanol–water partition coefficient (Wildman–Crippen LogP) is 4.29. The molecule has 1 unspecified atom stereocenters. The molecule has 2 aromatic carbocycles. The SMILES string of the molecule is CN1c2ccccc2NC1C=Cc1cc2c3c(c1)CCCN3CCC2. The fourth-order valence-corrected chi connectivity index (χ4v) is 4.62. The van der Waals surface area contributed by atoms with Crippen LogP contribution in [0.5, 0.6) is 0 Å². The number of likely N-dealkylation sites (N-methyl/N-ethyl adjacent to an activating group) is 1. The van der Waals surface area contributed by atoms with Crippen molar-refractivity contribution in [1.29, 1.82) is 0 Å². The molecular formula is C22H25N3. The van der Waals surface area contributed by atoms with Crippen molar-refractivity contribution in [2.24, 2.45) is 0 Å². The van der Waals surface area contributed by atoms with E-state index in [1.165, 1.54) is 55.7 Å². The van der Waals surface area contributed by atoms with E-state index < -0.39 is 0 Å². The predicted molar refractivity (Wildman–Crippen MR) is 107 cm³/mol. The highest BCUT2D eigenvalue weighted by atomic mass is 15.3. The first-order chi connectivity index (χ1) is 12.3. The topological polar surface area (TPSA) is 18.5 Å². The Labute approximate surface area is 150 Å². The van der Waals surface area contributed by atoms with E-state index in [1.54, 1.807) is 16.8 Å². The second-order valence-corrected chi connectivity index (χ2v) is 7.46. The van der Waals surface area contributed by atoms with Crippen molar-refractivity contribution in [2.45, 2.75) is 31.8 Å². The van der Waals surface area contributed by atoms with Crippen LogP contribution in [-0.4, -0.2) is 26.3 Å². The van der Waals surface area contributed by atoms with Gasteiger partial charge in [0, 0.05) is 25.8 Å². The zero-order chi connectivity index (χ0) is 16.8. The van der Waals surface area contributed by atoms with E-state index in [-0.39, 0.29) is 6.17 Å². The molecule has 3 heterocycles. The Morgan fingerprint density at radius 1 is 1.04 bits per heavy atom. The molecule has 0 radical (unpaired) electrons. The molecule has 0 fully saturated rings. The Kier molecular flexibility index (Phi) is 3.47. The average molecular weight is 331 g/mol. The van der Waals surface area contributed by atoms with E-state index in [0.29, 0.717) is 0 Å². The largest absolute Gasteiger partial charge is 0.371 e. The van der Waals surface area contributed by atoms with Crippen molar-refractivity contribution in [2.75, 3.05) is 35.3 Å². The van der Waals surface area contributed by atoms with Gasteiger partial charge in [0.25, 0.3) is 0 Å². The molecule has 2 aromatic rings. The van der Waals surface area contributed by atoms with Crippen LogP contribution < -0.4 is 15.1 Å². The van der Waals surface area contributed by atoms with Crippen LogP contribution in [0.1, 0.15) is 29.5 Å². The van der Waals surface area contributed by atoms with E-state index >= 15 is 0 Å². The fraction of sp³-hybridized carbons (Fsp3) is 0.364. The Morgan fingerprint density at radius 3 is 2.48 bits per heavy atom. The zero-order valence-electron chi connectivity index (χ0n) is 14.8. The number of nitrogens with zero attached hydrogens (tertiary/aromatic N) is 2. The van der Waals surface area contributed by atoms with Gasteiger partial charge in [-0.1, -0.05) is 18.2 Å². The molecule has 5 rings (SSSR count). The smallest absolute Gasteiger partial charge is 0.119 e. The van der Waals surface area contributed by atoms with Crippen molar-refractivity contribution in [3.05, 3.63) is 59.2 Å². The van der Waals surface area contributed by atoms with Crippen LogP contribution in [-0.2, 0) is 12.8 Å². The summed E-state index contributed by atoms with van der Waals surface area (Å²) in [6, 6.07) is 13.3. The second kappa shape index (κ2) is 5.83. The summed E-state index contributed by atoms with van der Waals surface area (Å²) in [5.41, 5.74) is 8.50. The van der Waals surface area contributed by atoms with Crippen molar-refractivity contribution in [3.8, 4) is 0 Å². The second-order valence-electron chi connectivity index (χ2n) is 7.46. The maximum atomic E-state index is 3.59. The molecule has 1 N–H and O–H groups in total. The van der Waals surface area contributed by atoms with E-state index in [4.69, 9.17) is 0 Å². The van der Waals surface area contributed by atoms with Gasteiger partial charge in [-0.2, -0.15) is 0 Å². The lowest BCUT2D eigenvalue weighted by Gasteiger charge is -2.37. The molecule has 0 saturated heterocycles. The minimum atomic E-state index is 0.223. The summed E-state index contributed by atoms with van der Waals surface area (Å²) in [4.78, 5) is 4.91. The van der Waals surface area contributed by atoms with Gasteiger partial charge in [-0.25, -0.2) is 0 Å². The van der Waals surface area contributed by atoms with Gasteiger partial charge < -0.3 is 15.1 Å². The summed E-state index contributed by atoms with van der Waals surface area (Å²) in [6.07, 6.45) is 9.86. The van der Waals surface area contributed by atoms with Gasteiger partial charge in [-0.05, 0) is 72.7 Å². The lowest BCUT2D eigenvalue weighted by molar-refractivity contribution is 0.634. The summed E-state index contributed by atoms with van der Waals surface area (Å²) in [6.45, 7) is 2.48. The van der Waals surface area contributed by atoms with Gasteiger partial charge in [0.1, 0.15) is 6.17 Å². The van der Waals surface area contributed by atoms with E-state index in [2.05, 4.69) is 70.7 Å². The number of anilines is 3. The highest BCUT2D eigenvalue weighted by Crippen LogP contribution is 2.37. The molecule has 3 aliphatic heterocycles. The summed E-state index contributed by atoms with van der Waals surface area (Å²) >= 11 is 0. The van der Waals surface area contributed by atoms with Crippen LogP contribution >= 0.6 is 0 Å². The minimum Gasteiger partial charge on any atom is -0.371 e. The van der Waals surface area contributed by atoms with Crippen molar-refractivity contribution in [1.82, 2.24) is 0 Å². The minimum absolute atomic E-state index is 0.223. The number of hydrogen-bond acceptors (Lipinski definition) is 3. The zero-order valence-corrected chi connectivity index (χ0v) is 14.8. The monoisotopic (exact) mass is 331 g/mol. The molecule has 0 bridgehead atoms. The quantitative estimate of drug-likeness (QED) is 0.886. The summed E-state index contributed by atoms with van der Waals surface area (Å²) in [5, 5.41) is 3.59. The summed E-state index contributed by atoms with van der Waals surface area (Å²) < 4.78 is 0. The van der Waals surface area contributed by atoms with Gasteiger partial charge in [0.05, 0.1) is 11.4 Å². The Balaban J connectivity index is 1.43. The number of hydrogen-bond donors (Lipinski definition) is 1. The molecule has 1 atom stereocenters. The van der Waals surface area contributed by atoms with Gasteiger partial charge in [0.15, 0.2) is 0 Å². The number of nitrogens with one attached hydrogen (secondary N) is 1. The highest BCUT2D eigenvalue weighted by molar-refractivity contribution is 5.77. The van der Waals surface area contributed by atoms with Crippen LogP contribution in [0.2, 0.25) is 0 Å². The maximum absolute atomic E-state index is 3.59. The van der Waals surface area contributed by atoms with Crippen LogP contribution in [0.4, 0.5) is 17.1 Å². The van der Waals surface area contributed by atoms with E-state index in [0.717, 1.165) is 0 Å². The molecule has 3 nitrogen and oxygen atoms in total. The first-order valence-corrected chi connectivity index (χ1v) is 9.47. The lowest BCUT2D eigenvalue weighted by Crippen LogP contribution is -2.34. The first-order valence-electron chi connectivity index (χ1n) is 9.47.